The Morgan fingerprint density at radius 2 is 2.08 bits per heavy atom. The maximum Gasteiger partial charge on any atom is 0.236 e. The number of benzene rings is 1. The Hall–Kier alpha value is -2.40. The monoisotopic (exact) mass is 340 g/mol. The summed E-state index contributed by atoms with van der Waals surface area (Å²) in [4.78, 5) is 18.0. The number of hydrogen-bond acceptors (Lipinski definition) is 4. The number of carbonyl (C=O) groups is 1. The largest absolute Gasteiger partial charge is 0.443 e. The molecule has 1 N–H and O–H groups in total. The summed E-state index contributed by atoms with van der Waals surface area (Å²) in [5, 5.41) is 4.97. The summed E-state index contributed by atoms with van der Waals surface area (Å²) in [6.45, 7) is 2.47. The third kappa shape index (κ3) is 3.92. The second-order valence-electron chi connectivity index (χ2n) is 5.59. The lowest BCUT2D eigenvalue weighted by molar-refractivity contribution is -0.122. The lowest BCUT2D eigenvalue weighted by atomic mass is 9.93. The zero-order valence-electron chi connectivity index (χ0n) is 13.6. The van der Waals surface area contributed by atoms with Crippen molar-refractivity contribution in [2.75, 3.05) is 0 Å². The highest BCUT2D eigenvalue weighted by Gasteiger charge is 2.19. The fourth-order valence-electron chi connectivity index (χ4n) is 2.63. The molecule has 124 valence electrons. The minimum Gasteiger partial charge on any atom is -0.443 e. The smallest absolute Gasteiger partial charge is 0.236 e. The topological polar surface area (TPSA) is 55.1 Å². The van der Waals surface area contributed by atoms with E-state index in [1.165, 1.54) is 0 Å². The number of nitrogens with zero attached hydrogens (tertiary/aromatic N) is 1. The number of thiophene rings is 1. The highest BCUT2D eigenvalue weighted by Crippen LogP contribution is 2.24. The van der Waals surface area contributed by atoms with Gasteiger partial charge in [-0.05, 0) is 23.4 Å². The van der Waals surface area contributed by atoms with Crippen molar-refractivity contribution in [3.63, 3.8) is 0 Å². The van der Waals surface area contributed by atoms with Gasteiger partial charge >= 0.3 is 0 Å². The van der Waals surface area contributed by atoms with Crippen molar-refractivity contribution in [2.45, 2.75) is 32.2 Å². The predicted molar refractivity (Wildman–Crippen MR) is 95.8 cm³/mol. The van der Waals surface area contributed by atoms with Crippen LogP contribution in [0.3, 0.4) is 0 Å². The van der Waals surface area contributed by atoms with Crippen molar-refractivity contribution < 1.29 is 9.21 Å². The summed E-state index contributed by atoms with van der Waals surface area (Å²) in [6, 6.07) is 13.8. The Kier molecular flexibility index (Phi) is 5.43. The number of oxazole rings is 1. The fraction of sp³-hybridized carbons (Fsp3) is 0.263. The van der Waals surface area contributed by atoms with Gasteiger partial charge in [-0.25, -0.2) is 4.98 Å². The SMILES string of the molecule is CCC[C@H](C(=O)NCc1coc(-c2cccs2)n1)c1ccccc1. The third-order valence-electron chi connectivity index (χ3n) is 3.82. The van der Waals surface area contributed by atoms with Gasteiger partial charge in [0.1, 0.15) is 6.26 Å². The average Bonchev–Trinajstić information content (AvgIpc) is 3.29. The van der Waals surface area contributed by atoms with Crippen molar-refractivity contribution in [2.24, 2.45) is 0 Å². The molecular formula is C19H20N2O2S. The molecular weight excluding hydrogens is 320 g/mol. The molecule has 2 aromatic heterocycles. The van der Waals surface area contributed by atoms with Crippen molar-refractivity contribution in [1.29, 1.82) is 0 Å². The first-order chi connectivity index (χ1) is 11.8. The lowest BCUT2D eigenvalue weighted by Crippen LogP contribution is -2.29. The zero-order valence-corrected chi connectivity index (χ0v) is 14.4. The van der Waals surface area contributed by atoms with Gasteiger partial charge in [0, 0.05) is 0 Å². The number of aromatic nitrogens is 1. The second kappa shape index (κ2) is 7.93. The van der Waals surface area contributed by atoms with Crippen LogP contribution in [0.25, 0.3) is 10.8 Å². The number of rotatable bonds is 7. The van der Waals surface area contributed by atoms with Crippen LogP contribution < -0.4 is 5.32 Å². The maximum atomic E-state index is 12.6. The highest BCUT2D eigenvalue weighted by atomic mass is 32.1. The molecule has 0 aliphatic rings. The molecule has 0 fully saturated rings. The quantitative estimate of drug-likeness (QED) is 0.684. The summed E-state index contributed by atoms with van der Waals surface area (Å²) < 4.78 is 5.48. The van der Waals surface area contributed by atoms with E-state index in [2.05, 4.69) is 17.2 Å². The molecule has 4 nitrogen and oxygen atoms in total. The molecule has 5 heteroatoms. The van der Waals surface area contributed by atoms with Gasteiger partial charge in [-0.1, -0.05) is 49.7 Å². The van der Waals surface area contributed by atoms with Gasteiger partial charge in [0.15, 0.2) is 0 Å². The van der Waals surface area contributed by atoms with Gasteiger partial charge in [-0.3, -0.25) is 4.79 Å². The Morgan fingerprint density at radius 3 is 2.79 bits per heavy atom. The first-order valence-corrected chi connectivity index (χ1v) is 8.97. The van der Waals surface area contributed by atoms with E-state index in [1.807, 2.05) is 47.8 Å². The molecule has 0 aliphatic heterocycles. The third-order valence-corrected chi connectivity index (χ3v) is 4.68. The molecule has 0 aliphatic carbocycles. The molecule has 1 aromatic carbocycles. The van der Waals surface area contributed by atoms with Gasteiger partial charge in [-0.15, -0.1) is 11.3 Å². The van der Waals surface area contributed by atoms with Crippen LogP contribution in [0.1, 0.15) is 36.9 Å². The highest BCUT2D eigenvalue weighted by molar-refractivity contribution is 7.13. The average molecular weight is 340 g/mol. The maximum absolute atomic E-state index is 12.6. The molecule has 1 atom stereocenters. The predicted octanol–water partition coefficient (Wildman–Crippen LogP) is 4.60. The molecule has 0 radical (unpaired) electrons. The Labute approximate surface area is 145 Å². The number of hydrogen-bond donors (Lipinski definition) is 1. The number of carbonyl (C=O) groups excluding carboxylic acids is 1. The van der Waals surface area contributed by atoms with Gasteiger partial charge in [0.2, 0.25) is 11.8 Å². The Morgan fingerprint density at radius 1 is 1.25 bits per heavy atom. The first kappa shape index (κ1) is 16.5. The summed E-state index contributed by atoms with van der Waals surface area (Å²) in [7, 11) is 0. The van der Waals surface area contributed by atoms with Crippen LogP contribution >= 0.6 is 11.3 Å². The van der Waals surface area contributed by atoms with E-state index in [1.54, 1.807) is 17.6 Å². The van der Waals surface area contributed by atoms with Crippen LogP contribution in [0.15, 0.2) is 58.5 Å². The molecule has 0 saturated heterocycles. The van der Waals surface area contributed by atoms with Gasteiger partial charge in [0.25, 0.3) is 0 Å². The van der Waals surface area contributed by atoms with Crippen LogP contribution in [-0.2, 0) is 11.3 Å². The van der Waals surface area contributed by atoms with Gasteiger partial charge < -0.3 is 9.73 Å². The van der Waals surface area contributed by atoms with Crippen LogP contribution in [0.2, 0.25) is 0 Å². The normalized spacial score (nSPS) is 12.0. The van der Waals surface area contributed by atoms with Crippen LogP contribution in [0.4, 0.5) is 0 Å². The molecule has 24 heavy (non-hydrogen) atoms. The molecule has 1 amide bonds. The molecule has 0 unspecified atom stereocenters. The summed E-state index contributed by atoms with van der Waals surface area (Å²) >= 11 is 1.58. The van der Waals surface area contributed by atoms with Gasteiger partial charge in [0.05, 0.1) is 23.0 Å². The summed E-state index contributed by atoms with van der Waals surface area (Å²) in [6.07, 6.45) is 3.39. The van der Waals surface area contributed by atoms with E-state index in [9.17, 15) is 4.79 Å². The van der Waals surface area contributed by atoms with Gasteiger partial charge in [-0.2, -0.15) is 0 Å². The molecule has 0 spiro atoms. The fourth-order valence-corrected chi connectivity index (χ4v) is 3.28. The van der Waals surface area contributed by atoms with Crippen molar-refractivity contribution in [1.82, 2.24) is 10.3 Å². The molecule has 0 saturated carbocycles. The first-order valence-electron chi connectivity index (χ1n) is 8.09. The van der Waals surface area contributed by atoms with E-state index in [0.29, 0.717) is 12.4 Å². The molecule has 3 rings (SSSR count). The lowest BCUT2D eigenvalue weighted by Gasteiger charge is -2.16. The van der Waals surface area contributed by atoms with E-state index >= 15 is 0 Å². The second-order valence-corrected chi connectivity index (χ2v) is 6.54. The standard InChI is InChI=1S/C19H20N2O2S/c1-2-7-16(14-8-4-3-5-9-14)18(22)20-12-15-13-23-19(21-15)17-10-6-11-24-17/h3-6,8-11,13,16H,2,7,12H2,1H3,(H,20,22)/t16-/m0/s1. The zero-order chi connectivity index (χ0) is 16.8. The summed E-state index contributed by atoms with van der Waals surface area (Å²) in [5.41, 5.74) is 1.78. The number of amides is 1. The molecule has 3 aromatic rings. The Balaban J connectivity index is 1.63. The minimum absolute atomic E-state index is 0.0312. The van der Waals surface area contributed by atoms with Crippen LogP contribution in [0, 0.1) is 0 Å². The van der Waals surface area contributed by atoms with E-state index in [4.69, 9.17) is 4.42 Å². The van der Waals surface area contributed by atoms with Crippen LogP contribution in [-0.4, -0.2) is 10.9 Å². The van der Waals surface area contributed by atoms with E-state index in [0.717, 1.165) is 29.0 Å². The molecule has 2 heterocycles. The Bertz CT molecular complexity index is 766. The van der Waals surface area contributed by atoms with Crippen LogP contribution in [0.5, 0.6) is 0 Å². The van der Waals surface area contributed by atoms with Crippen molar-refractivity contribution in [3.05, 3.63) is 65.4 Å². The minimum atomic E-state index is -0.125. The number of nitrogens with one attached hydrogen (secondary N) is 1. The van der Waals surface area contributed by atoms with Crippen molar-refractivity contribution >= 4 is 17.2 Å². The van der Waals surface area contributed by atoms with Crippen molar-refractivity contribution in [3.8, 4) is 10.8 Å². The van der Waals surface area contributed by atoms with E-state index in [-0.39, 0.29) is 11.8 Å². The summed E-state index contributed by atoms with van der Waals surface area (Å²) in [5.74, 6) is 0.506. The molecule has 0 bridgehead atoms. The van der Waals surface area contributed by atoms with E-state index < -0.39 is 0 Å².